The van der Waals surface area contributed by atoms with E-state index >= 15 is 0 Å². The van der Waals surface area contributed by atoms with Crippen molar-refractivity contribution < 1.29 is 14.7 Å². The molecule has 1 saturated heterocycles. The van der Waals surface area contributed by atoms with Gasteiger partial charge < -0.3 is 15.7 Å². The Morgan fingerprint density at radius 1 is 1.27 bits per heavy atom. The van der Waals surface area contributed by atoms with Crippen molar-refractivity contribution in [3.05, 3.63) is 35.9 Å². The van der Waals surface area contributed by atoms with Gasteiger partial charge in [-0.3, -0.25) is 14.5 Å². The second-order valence-electron chi connectivity index (χ2n) is 7.48. The summed E-state index contributed by atoms with van der Waals surface area (Å²) in [5.74, 6) is -0.225. The lowest BCUT2D eigenvalue weighted by Crippen LogP contribution is -2.58. The molecule has 0 unspecified atom stereocenters. The maximum absolute atomic E-state index is 12.6. The number of rotatable bonds is 7. The van der Waals surface area contributed by atoms with Crippen molar-refractivity contribution in [2.24, 2.45) is 0 Å². The van der Waals surface area contributed by atoms with E-state index in [2.05, 4.69) is 27.7 Å². The summed E-state index contributed by atoms with van der Waals surface area (Å²) in [6, 6.07) is 9.74. The van der Waals surface area contributed by atoms with Crippen molar-refractivity contribution in [1.29, 1.82) is 0 Å². The summed E-state index contributed by atoms with van der Waals surface area (Å²) in [4.78, 5) is 27.0. The number of amides is 2. The van der Waals surface area contributed by atoms with Crippen LogP contribution in [0.1, 0.15) is 37.7 Å². The van der Waals surface area contributed by atoms with Crippen LogP contribution in [0.2, 0.25) is 0 Å². The van der Waals surface area contributed by atoms with Crippen LogP contribution >= 0.6 is 0 Å². The number of nitrogens with zero attached hydrogens (tertiary/aromatic N) is 1. The Kier molecular flexibility index (Phi) is 6.27. The molecule has 26 heavy (non-hydrogen) atoms. The second kappa shape index (κ2) is 8.64. The zero-order valence-electron chi connectivity index (χ0n) is 15.2. The highest BCUT2D eigenvalue weighted by Crippen LogP contribution is 2.29. The van der Waals surface area contributed by atoms with Gasteiger partial charge in [-0.2, -0.15) is 0 Å². The fourth-order valence-corrected chi connectivity index (χ4v) is 4.07. The minimum Gasteiger partial charge on any atom is -0.394 e. The number of carbonyl (C=O) groups is 2. The van der Waals surface area contributed by atoms with Gasteiger partial charge in [0.05, 0.1) is 24.6 Å². The summed E-state index contributed by atoms with van der Waals surface area (Å²) in [6.45, 7) is 2.09. The summed E-state index contributed by atoms with van der Waals surface area (Å²) in [5.41, 5.74) is 0.740. The lowest BCUT2D eigenvalue weighted by Gasteiger charge is -2.36. The average Bonchev–Trinajstić information content (AvgIpc) is 3.12. The van der Waals surface area contributed by atoms with E-state index in [-0.39, 0.29) is 24.8 Å². The fourth-order valence-electron chi connectivity index (χ4n) is 4.07. The zero-order valence-corrected chi connectivity index (χ0v) is 15.2. The van der Waals surface area contributed by atoms with E-state index in [0.29, 0.717) is 6.54 Å². The van der Waals surface area contributed by atoms with Gasteiger partial charge >= 0.3 is 0 Å². The van der Waals surface area contributed by atoms with Crippen LogP contribution in [0, 0.1) is 0 Å². The first-order chi connectivity index (χ1) is 12.6. The molecule has 3 N–H and O–H groups in total. The molecule has 2 aliphatic rings. The van der Waals surface area contributed by atoms with Crippen molar-refractivity contribution in [2.45, 2.75) is 50.1 Å². The molecular formula is C20H29N3O3. The molecule has 0 bridgehead atoms. The Morgan fingerprint density at radius 2 is 2.00 bits per heavy atom. The minimum atomic E-state index is -0.489. The lowest BCUT2D eigenvalue weighted by molar-refractivity contribution is -0.134. The molecule has 1 aromatic rings. The summed E-state index contributed by atoms with van der Waals surface area (Å²) >= 11 is 0. The normalized spacial score (nSPS) is 22.8. The first kappa shape index (κ1) is 18.9. The number of hydrogen-bond acceptors (Lipinski definition) is 4. The summed E-state index contributed by atoms with van der Waals surface area (Å²) in [7, 11) is 0. The topological polar surface area (TPSA) is 81.7 Å². The molecule has 0 spiro atoms. The maximum atomic E-state index is 12.6. The fraction of sp³-hybridized carbons (Fsp3) is 0.600. The number of hydrogen-bond donors (Lipinski definition) is 3. The van der Waals surface area contributed by atoms with Crippen LogP contribution in [-0.4, -0.2) is 59.6 Å². The van der Waals surface area contributed by atoms with Crippen LogP contribution in [0.4, 0.5) is 0 Å². The third-order valence-corrected chi connectivity index (χ3v) is 5.62. The number of carbonyl (C=O) groups excluding carboxylic acids is 2. The molecular weight excluding hydrogens is 330 g/mol. The molecule has 1 aliphatic carbocycles. The predicted octanol–water partition coefficient (Wildman–Crippen LogP) is 0.841. The van der Waals surface area contributed by atoms with E-state index in [0.717, 1.165) is 45.2 Å². The lowest BCUT2D eigenvalue weighted by atomic mass is 9.98. The highest BCUT2D eigenvalue weighted by atomic mass is 16.3. The quantitative estimate of drug-likeness (QED) is 0.674. The Bertz CT molecular complexity index is 614. The molecule has 1 aliphatic heterocycles. The van der Waals surface area contributed by atoms with Gasteiger partial charge in [0.15, 0.2) is 0 Å². The largest absolute Gasteiger partial charge is 0.394 e. The Balaban J connectivity index is 1.59. The zero-order chi connectivity index (χ0) is 18.4. The third kappa shape index (κ3) is 4.62. The van der Waals surface area contributed by atoms with Crippen molar-refractivity contribution in [3.8, 4) is 0 Å². The molecule has 1 aromatic carbocycles. The Morgan fingerprint density at radius 3 is 2.69 bits per heavy atom. The van der Waals surface area contributed by atoms with Gasteiger partial charge in [-0.05, 0) is 24.8 Å². The Hall–Kier alpha value is -1.92. The third-order valence-electron chi connectivity index (χ3n) is 5.62. The number of aliphatic hydroxyl groups excluding tert-OH is 1. The molecule has 6 nitrogen and oxygen atoms in total. The van der Waals surface area contributed by atoms with E-state index in [9.17, 15) is 14.7 Å². The van der Waals surface area contributed by atoms with E-state index < -0.39 is 11.6 Å². The van der Waals surface area contributed by atoms with Gasteiger partial charge in [-0.25, -0.2) is 0 Å². The van der Waals surface area contributed by atoms with Gasteiger partial charge in [-0.15, -0.1) is 0 Å². The van der Waals surface area contributed by atoms with E-state index in [1.54, 1.807) is 0 Å². The Labute approximate surface area is 155 Å². The van der Waals surface area contributed by atoms with Crippen LogP contribution in [-0.2, 0) is 16.0 Å². The van der Waals surface area contributed by atoms with Crippen molar-refractivity contribution >= 4 is 11.8 Å². The number of aliphatic hydroxyl groups is 1. The predicted molar refractivity (Wildman–Crippen MR) is 99.6 cm³/mol. The van der Waals surface area contributed by atoms with Gasteiger partial charge in [-0.1, -0.05) is 43.2 Å². The molecule has 1 heterocycles. The van der Waals surface area contributed by atoms with Gasteiger partial charge in [0.25, 0.3) is 0 Å². The minimum absolute atomic E-state index is 0.0344. The molecule has 2 amide bonds. The number of nitrogens with one attached hydrogen (secondary N) is 2. The van der Waals surface area contributed by atoms with Crippen LogP contribution < -0.4 is 10.6 Å². The van der Waals surface area contributed by atoms with Crippen LogP contribution in [0.5, 0.6) is 0 Å². The van der Waals surface area contributed by atoms with Gasteiger partial charge in [0, 0.05) is 19.6 Å². The molecule has 1 saturated carbocycles. The first-order valence-corrected chi connectivity index (χ1v) is 9.59. The molecule has 0 aromatic heterocycles. The summed E-state index contributed by atoms with van der Waals surface area (Å²) in [5, 5.41) is 15.6. The van der Waals surface area contributed by atoms with Gasteiger partial charge in [0.2, 0.25) is 11.8 Å². The number of piperazine rings is 1. The summed E-state index contributed by atoms with van der Waals surface area (Å²) in [6.07, 6.45) is 4.66. The molecule has 2 fully saturated rings. The highest BCUT2D eigenvalue weighted by Gasteiger charge is 2.37. The molecule has 3 rings (SSSR count). The smallest absolute Gasteiger partial charge is 0.237 e. The van der Waals surface area contributed by atoms with Crippen LogP contribution in [0.25, 0.3) is 0 Å². The van der Waals surface area contributed by atoms with Gasteiger partial charge in [0.1, 0.15) is 0 Å². The monoisotopic (exact) mass is 359 g/mol. The highest BCUT2D eigenvalue weighted by molar-refractivity contribution is 5.89. The molecule has 0 radical (unpaired) electrons. The standard InChI is InChI=1S/C20H29N3O3/c24-15-20(9-4-5-10-20)22-18(25)14-17-19(26)21-11-13-23(17)12-8-16-6-2-1-3-7-16/h1-3,6-7,17,24H,4-5,8-15H2,(H,21,26)(H,22,25)/t17-/m1/s1. The van der Waals surface area contributed by atoms with E-state index in [1.165, 1.54) is 5.56 Å². The SMILES string of the molecule is O=C(C[C@@H]1C(=O)NCCN1CCc1ccccc1)NC1(CO)CCCC1. The van der Waals surface area contributed by atoms with Crippen molar-refractivity contribution in [1.82, 2.24) is 15.5 Å². The summed E-state index contributed by atoms with van der Waals surface area (Å²) < 4.78 is 0. The first-order valence-electron chi connectivity index (χ1n) is 9.59. The second-order valence-corrected chi connectivity index (χ2v) is 7.48. The van der Waals surface area contributed by atoms with E-state index in [4.69, 9.17) is 0 Å². The van der Waals surface area contributed by atoms with Crippen LogP contribution in [0.3, 0.4) is 0 Å². The molecule has 142 valence electrons. The van der Waals surface area contributed by atoms with E-state index in [1.807, 2.05) is 18.2 Å². The molecule has 1 atom stereocenters. The van der Waals surface area contributed by atoms with Crippen molar-refractivity contribution in [3.63, 3.8) is 0 Å². The van der Waals surface area contributed by atoms with Crippen LogP contribution in [0.15, 0.2) is 30.3 Å². The van der Waals surface area contributed by atoms with Crippen molar-refractivity contribution in [2.75, 3.05) is 26.2 Å². The maximum Gasteiger partial charge on any atom is 0.237 e. The average molecular weight is 359 g/mol. The number of benzene rings is 1. The molecule has 6 heteroatoms.